The van der Waals surface area contributed by atoms with Gasteiger partial charge in [-0.15, -0.1) is 11.3 Å². The fourth-order valence-corrected chi connectivity index (χ4v) is 3.92. The first-order valence-corrected chi connectivity index (χ1v) is 10.3. The molecule has 0 bridgehead atoms. The molecule has 0 aliphatic heterocycles. The second kappa shape index (κ2) is 8.68. The quantitative estimate of drug-likeness (QED) is 0.735. The van der Waals surface area contributed by atoms with Gasteiger partial charge in [0.2, 0.25) is 5.91 Å². The summed E-state index contributed by atoms with van der Waals surface area (Å²) in [6.07, 6.45) is 0. The Kier molecular flexibility index (Phi) is 6.83. The number of amides is 2. The predicted molar refractivity (Wildman–Crippen MR) is 108 cm³/mol. The van der Waals surface area contributed by atoms with Gasteiger partial charge in [-0.25, -0.2) is 4.98 Å². The van der Waals surface area contributed by atoms with Crippen molar-refractivity contribution in [3.63, 3.8) is 0 Å². The van der Waals surface area contributed by atoms with Crippen LogP contribution in [0.2, 0.25) is 0 Å². The second-order valence-electron chi connectivity index (χ2n) is 7.17. The minimum absolute atomic E-state index is 0.197. The summed E-state index contributed by atoms with van der Waals surface area (Å²) in [4.78, 5) is 28.8. The molecule has 1 aromatic heterocycles. The lowest BCUT2D eigenvalue weighted by atomic mass is 10.1. The lowest BCUT2D eigenvalue weighted by molar-refractivity contribution is -0.124. The van der Waals surface area contributed by atoms with E-state index in [-0.39, 0.29) is 17.4 Å². The molecule has 0 saturated heterocycles. The molecule has 0 saturated carbocycles. The summed E-state index contributed by atoms with van der Waals surface area (Å²) in [5.74, 6) is 0.355. The Morgan fingerprint density at radius 1 is 1.23 bits per heavy atom. The van der Waals surface area contributed by atoms with Crippen LogP contribution >= 0.6 is 23.1 Å². The summed E-state index contributed by atoms with van der Waals surface area (Å²) in [7, 11) is 0. The summed E-state index contributed by atoms with van der Waals surface area (Å²) in [5.41, 5.74) is 2.37. The van der Waals surface area contributed by atoms with Crippen LogP contribution in [0.5, 0.6) is 0 Å². The molecule has 2 rings (SSSR count). The van der Waals surface area contributed by atoms with Crippen LogP contribution < -0.4 is 10.6 Å². The smallest absolute Gasteiger partial charge is 0.251 e. The molecule has 1 atom stereocenters. The fraction of sp³-hybridized carbons (Fsp3) is 0.421. The molecule has 1 heterocycles. The lowest BCUT2D eigenvalue weighted by Crippen LogP contribution is -2.50. The first-order chi connectivity index (χ1) is 12.1. The van der Waals surface area contributed by atoms with E-state index in [1.165, 1.54) is 0 Å². The first-order valence-electron chi connectivity index (χ1n) is 8.41. The molecule has 26 heavy (non-hydrogen) atoms. The summed E-state index contributed by atoms with van der Waals surface area (Å²) in [6.45, 7) is 9.38. The minimum Gasteiger partial charge on any atom is -0.350 e. The van der Waals surface area contributed by atoms with Crippen molar-refractivity contribution in [2.24, 2.45) is 0 Å². The number of hydrogen-bond acceptors (Lipinski definition) is 5. The lowest BCUT2D eigenvalue weighted by Gasteiger charge is -2.23. The van der Waals surface area contributed by atoms with Gasteiger partial charge in [-0.3, -0.25) is 9.59 Å². The van der Waals surface area contributed by atoms with Gasteiger partial charge >= 0.3 is 0 Å². The zero-order valence-electron chi connectivity index (χ0n) is 15.8. The van der Waals surface area contributed by atoms with E-state index in [1.54, 1.807) is 42.2 Å². The maximum Gasteiger partial charge on any atom is 0.251 e. The van der Waals surface area contributed by atoms with Crippen molar-refractivity contribution in [2.45, 2.75) is 56.3 Å². The number of nitrogens with one attached hydrogen (secondary N) is 2. The van der Waals surface area contributed by atoms with Gasteiger partial charge in [-0.2, -0.15) is 0 Å². The van der Waals surface area contributed by atoms with Crippen LogP contribution in [0.15, 0.2) is 34.0 Å². The van der Waals surface area contributed by atoms with Crippen LogP contribution in [0, 0.1) is 6.92 Å². The molecular formula is C19H25N3O2S2. The number of aryl methyl sites for hydroxylation is 1. The van der Waals surface area contributed by atoms with E-state index < -0.39 is 6.04 Å². The molecule has 0 spiro atoms. The molecule has 0 aliphatic rings. The van der Waals surface area contributed by atoms with Crippen molar-refractivity contribution in [3.05, 3.63) is 46.5 Å². The molecule has 2 aromatic rings. The van der Waals surface area contributed by atoms with Crippen LogP contribution in [0.4, 0.5) is 0 Å². The van der Waals surface area contributed by atoms with Crippen molar-refractivity contribution < 1.29 is 9.59 Å². The molecule has 0 aliphatic carbocycles. The Labute approximate surface area is 163 Å². The third-order valence-electron chi connectivity index (χ3n) is 3.42. The highest BCUT2D eigenvalue weighted by Crippen LogP contribution is 2.26. The van der Waals surface area contributed by atoms with E-state index in [2.05, 4.69) is 15.6 Å². The van der Waals surface area contributed by atoms with Crippen molar-refractivity contribution in [3.8, 4) is 0 Å². The van der Waals surface area contributed by atoms with E-state index >= 15 is 0 Å². The summed E-state index contributed by atoms with van der Waals surface area (Å²) < 4.78 is 1.04. The summed E-state index contributed by atoms with van der Waals surface area (Å²) in [6, 6.07) is 6.84. The van der Waals surface area contributed by atoms with Crippen molar-refractivity contribution >= 4 is 34.9 Å². The molecule has 140 valence electrons. The third-order valence-corrected chi connectivity index (χ3v) is 5.63. The number of aromatic nitrogens is 1. The monoisotopic (exact) mass is 391 g/mol. The van der Waals surface area contributed by atoms with Gasteiger partial charge in [0.1, 0.15) is 10.4 Å². The number of hydrogen-bond donors (Lipinski definition) is 2. The maximum absolute atomic E-state index is 12.3. The van der Waals surface area contributed by atoms with Gasteiger partial charge in [-0.1, -0.05) is 23.9 Å². The Morgan fingerprint density at radius 3 is 2.42 bits per heavy atom. The zero-order chi connectivity index (χ0) is 19.3. The molecule has 5 nitrogen and oxygen atoms in total. The SMILES string of the molecule is Cc1csc(SCc2ccc(C(=O)NC(C)C(=O)NC(C)(C)C)cc2)n1. The highest BCUT2D eigenvalue weighted by molar-refractivity contribution is 8.00. The Bertz CT molecular complexity index is 764. The molecule has 2 amide bonds. The third kappa shape index (κ3) is 6.46. The van der Waals surface area contributed by atoms with Crippen LogP contribution in [0.1, 0.15) is 49.3 Å². The summed E-state index contributed by atoms with van der Waals surface area (Å²) >= 11 is 3.32. The van der Waals surface area contributed by atoms with Crippen molar-refractivity contribution in [2.75, 3.05) is 0 Å². The van der Waals surface area contributed by atoms with E-state index in [9.17, 15) is 9.59 Å². The number of carbonyl (C=O) groups excluding carboxylic acids is 2. The first kappa shape index (κ1) is 20.5. The number of carbonyl (C=O) groups is 2. The Morgan fingerprint density at radius 2 is 1.88 bits per heavy atom. The number of rotatable bonds is 6. The van der Waals surface area contributed by atoms with E-state index in [4.69, 9.17) is 0 Å². The van der Waals surface area contributed by atoms with Crippen molar-refractivity contribution in [1.82, 2.24) is 15.6 Å². The van der Waals surface area contributed by atoms with E-state index in [0.29, 0.717) is 5.56 Å². The van der Waals surface area contributed by atoms with Gasteiger partial charge < -0.3 is 10.6 Å². The molecule has 0 radical (unpaired) electrons. The number of nitrogens with zero attached hydrogens (tertiary/aromatic N) is 1. The Hall–Kier alpha value is -1.86. The molecule has 1 unspecified atom stereocenters. The minimum atomic E-state index is -0.593. The van der Waals surface area contributed by atoms with Crippen LogP contribution in [-0.4, -0.2) is 28.4 Å². The molecule has 0 fully saturated rings. The zero-order valence-corrected chi connectivity index (χ0v) is 17.4. The highest BCUT2D eigenvalue weighted by atomic mass is 32.2. The van der Waals surface area contributed by atoms with Crippen LogP contribution in [0.25, 0.3) is 0 Å². The van der Waals surface area contributed by atoms with Gasteiger partial charge in [0.05, 0.1) is 0 Å². The van der Waals surface area contributed by atoms with Gasteiger partial charge in [-0.05, 0) is 52.3 Å². The summed E-state index contributed by atoms with van der Waals surface area (Å²) in [5, 5.41) is 7.63. The standard InChI is InChI=1S/C19H25N3O2S2/c1-12-10-25-18(20-12)26-11-14-6-8-15(9-7-14)17(24)21-13(2)16(23)22-19(3,4)5/h6-10,13H,11H2,1-5H3,(H,21,24)(H,22,23). The van der Waals surface area contributed by atoms with Gasteiger partial charge in [0.15, 0.2) is 0 Å². The van der Waals surface area contributed by atoms with Crippen molar-refractivity contribution in [1.29, 1.82) is 0 Å². The fourth-order valence-electron chi connectivity index (χ4n) is 2.12. The van der Waals surface area contributed by atoms with Gasteiger partial charge in [0, 0.05) is 27.9 Å². The highest BCUT2D eigenvalue weighted by Gasteiger charge is 2.21. The maximum atomic E-state index is 12.3. The van der Waals surface area contributed by atoms with Crippen LogP contribution in [-0.2, 0) is 10.5 Å². The Balaban J connectivity index is 1.88. The predicted octanol–water partition coefficient (Wildman–Crippen LogP) is 3.78. The largest absolute Gasteiger partial charge is 0.350 e. The van der Waals surface area contributed by atoms with E-state index in [0.717, 1.165) is 21.3 Å². The van der Waals surface area contributed by atoms with Crippen LogP contribution in [0.3, 0.4) is 0 Å². The molecular weight excluding hydrogens is 366 g/mol. The molecule has 2 N–H and O–H groups in total. The average molecular weight is 392 g/mol. The molecule has 1 aromatic carbocycles. The number of benzene rings is 1. The number of thioether (sulfide) groups is 1. The van der Waals surface area contributed by atoms with E-state index in [1.807, 2.05) is 45.2 Å². The molecule has 7 heteroatoms. The normalized spacial score (nSPS) is 12.5. The number of thiazole rings is 1. The van der Waals surface area contributed by atoms with Gasteiger partial charge in [0.25, 0.3) is 5.91 Å². The second-order valence-corrected chi connectivity index (χ2v) is 9.26. The average Bonchev–Trinajstić information content (AvgIpc) is 2.97. The topological polar surface area (TPSA) is 71.1 Å².